The second-order valence-electron chi connectivity index (χ2n) is 5.92. The summed E-state index contributed by atoms with van der Waals surface area (Å²) in [5.41, 5.74) is 1.39. The van der Waals surface area contributed by atoms with E-state index in [2.05, 4.69) is 20.6 Å². The molecule has 0 aliphatic carbocycles. The Labute approximate surface area is 172 Å². The van der Waals surface area contributed by atoms with Gasteiger partial charge in [-0.2, -0.15) is 0 Å². The molecule has 6 nitrogen and oxygen atoms in total. The average molecular weight is 413 g/mol. The largest absolute Gasteiger partial charge is 0.495 e. The van der Waals surface area contributed by atoms with E-state index in [0.717, 1.165) is 6.07 Å². The van der Waals surface area contributed by atoms with Crippen LogP contribution >= 0.6 is 11.6 Å². The van der Waals surface area contributed by atoms with E-state index in [1.165, 1.54) is 25.3 Å². The van der Waals surface area contributed by atoms with Gasteiger partial charge in [0.2, 0.25) is 5.96 Å². The molecule has 0 saturated carbocycles. The van der Waals surface area contributed by atoms with Gasteiger partial charge in [-0.1, -0.05) is 23.7 Å². The van der Waals surface area contributed by atoms with E-state index in [1.54, 1.807) is 30.5 Å². The molecule has 0 aliphatic rings. The van der Waals surface area contributed by atoms with Crippen molar-refractivity contribution in [3.05, 3.63) is 89.0 Å². The van der Waals surface area contributed by atoms with Crippen LogP contribution in [0, 0.1) is 5.82 Å². The van der Waals surface area contributed by atoms with Crippen LogP contribution in [0.5, 0.6) is 5.75 Å². The standard InChI is InChI=1S/C21H18ClFN4O2/c1-29-19-9-8-15(22)12-18(19)26-21(25-13-17-7-2-3-10-24-17)27-20(28)14-5-4-6-16(23)11-14/h2-12H,13H2,1H3,(H2,25,26,27,28). The Morgan fingerprint density at radius 3 is 2.76 bits per heavy atom. The maximum Gasteiger partial charge on any atom is 0.258 e. The molecule has 8 heteroatoms. The zero-order chi connectivity index (χ0) is 20.6. The van der Waals surface area contributed by atoms with Crippen LogP contribution in [0.2, 0.25) is 5.02 Å². The van der Waals surface area contributed by atoms with Gasteiger partial charge in [0.05, 0.1) is 25.0 Å². The van der Waals surface area contributed by atoms with Crippen LogP contribution in [0.15, 0.2) is 71.9 Å². The van der Waals surface area contributed by atoms with Gasteiger partial charge in [0.15, 0.2) is 0 Å². The first-order valence-corrected chi connectivity index (χ1v) is 9.05. The van der Waals surface area contributed by atoms with E-state index in [-0.39, 0.29) is 18.1 Å². The quantitative estimate of drug-likeness (QED) is 0.484. The topological polar surface area (TPSA) is 75.6 Å². The van der Waals surface area contributed by atoms with Crippen molar-refractivity contribution in [1.29, 1.82) is 0 Å². The van der Waals surface area contributed by atoms with Crippen LogP contribution < -0.4 is 15.4 Å². The van der Waals surface area contributed by atoms with E-state index in [0.29, 0.717) is 22.2 Å². The monoisotopic (exact) mass is 412 g/mol. The van der Waals surface area contributed by atoms with Crippen molar-refractivity contribution >= 4 is 29.2 Å². The first kappa shape index (κ1) is 20.3. The van der Waals surface area contributed by atoms with Gasteiger partial charge in [-0.05, 0) is 48.5 Å². The average Bonchev–Trinajstić information content (AvgIpc) is 2.73. The molecule has 0 spiro atoms. The zero-order valence-corrected chi connectivity index (χ0v) is 16.3. The molecule has 29 heavy (non-hydrogen) atoms. The minimum absolute atomic E-state index is 0.144. The van der Waals surface area contributed by atoms with Crippen LogP contribution in [0.25, 0.3) is 0 Å². The molecule has 0 unspecified atom stereocenters. The van der Waals surface area contributed by atoms with Crippen molar-refractivity contribution in [1.82, 2.24) is 10.3 Å². The smallest absolute Gasteiger partial charge is 0.258 e. The summed E-state index contributed by atoms with van der Waals surface area (Å²) in [7, 11) is 1.52. The summed E-state index contributed by atoms with van der Waals surface area (Å²) in [6.07, 6.45) is 1.66. The van der Waals surface area contributed by atoms with Crippen molar-refractivity contribution in [2.45, 2.75) is 6.54 Å². The summed E-state index contributed by atoms with van der Waals surface area (Å²) in [6, 6.07) is 15.9. The summed E-state index contributed by atoms with van der Waals surface area (Å²) in [5, 5.41) is 6.15. The number of hydrogen-bond donors (Lipinski definition) is 2. The molecule has 0 aliphatic heterocycles. The summed E-state index contributed by atoms with van der Waals surface area (Å²) in [5.74, 6) is -0.364. The van der Waals surface area contributed by atoms with Crippen LogP contribution in [0.1, 0.15) is 16.1 Å². The lowest BCUT2D eigenvalue weighted by Crippen LogP contribution is -2.36. The van der Waals surface area contributed by atoms with Gasteiger partial charge in [-0.15, -0.1) is 0 Å². The number of pyridine rings is 1. The van der Waals surface area contributed by atoms with Gasteiger partial charge in [0.1, 0.15) is 11.6 Å². The second-order valence-corrected chi connectivity index (χ2v) is 6.36. The lowest BCUT2D eigenvalue weighted by atomic mass is 10.2. The third kappa shape index (κ3) is 5.76. The molecule has 2 N–H and O–H groups in total. The number of amides is 1. The molecule has 2 aromatic carbocycles. The first-order valence-electron chi connectivity index (χ1n) is 8.67. The second kappa shape index (κ2) is 9.66. The van der Waals surface area contributed by atoms with E-state index >= 15 is 0 Å². The van der Waals surface area contributed by atoms with Crippen LogP contribution in [0.3, 0.4) is 0 Å². The highest BCUT2D eigenvalue weighted by atomic mass is 35.5. The minimum Gasteiger partial charge on any atom is -0.495 e. The zero-order valence-electron chi connectivity index (χ0n) is 15.5. The number of guanidine groups is 1. The van der Waals surface area contributed by atoms with Gasteiger partial charge in [0.25, 0.3) is 5.91 Å². The summed E-state index contributed by atoms with van der Waals surface area (Å²) in [6.45, 7) is 0.218. The molecule has 0 fully saturated rings. The third-order valence-corrected chi connectivity index (χ3v) is 4.09. The van der Waals surface area contributed by atoms with Gasteiger partial charge >= 0.3 is 0 Å². The molecule has 1 aromatic heterocycles. The Hall–Kier alpha value is -3.45. The van der Waals surface area contributed by atoms with Crippen LogP contribution in [-0.2, 0) is 6.54 Å². The predicted octanol–water partition coefficient (Wildman–Crippen LogP) is 4.28. The van der Waals surface area contributed by atoms with Gasteiger partial charge in [-0.25, -0.2) is 9.38 Å². The molecule has 0 saturated heterocycles. The normalized spacial score (nSPS) is 11.1. The lowest BCUT2D eigenvalue weighted by Gasteiger charge is -2.15. The number of hydrogen-bond acceptors (Lipinski definition) is 4. The highest BCUT2D eigenvalue weighted by molar-refractivity contribution is 6.31. The molecular formula is C21H18ClFN4O2. The SMILES string of the molecule is COc1ccc(Cl)cc1NC(=NCc1ccccn1)NC(=O)c1cccc(F)c1. The first-order chi connectivity index (χ1) is 14.0. The fourth-order valence-corrected chi connectivity index (χ4v) is 2.65. The summed E-state index contributed by atoms with van der Waals surface area (Å²) < 4.78 is 18.8. The molecule has 3 rings (SSSR count). The number of aromatic nitrogens is 1. The van der Waals surface area contributed by atoms with Crippen molar-refractivity contribution in [2.24, 2.45) is 4.99 Å². The van der Waals surface area contributed by atoms with Crippen molar-refractivity contribution in [3.63, 3.8) is 0 Å². The Balaban J connectivity index is 1.87. The van der Waals surface area contributed by atoms with E-state index in [9.17, 15) is 9.18 Å². The number of methoxy groups -OCH3 is 1. The summed E-state index contributed by atoms with van der Waals surface area (Å²) >= 11 is 6.07. The minimum atomic E-state index is -0.516. The Kier molecular flexibility index (Phi) is 6.76. The third-order valence-electron chi connectivity index (χ3n) is 3.86. The molecule has 0 radical (unpaired) electrons. The highest BCUT2D eigenvalue weighted by Crippen LogP contribution is 2.27. The van der Waals surface area contributed by atoms with Crippen LogP contribution in [0.4, 0.5) is 10.1 Å². The predicted molar refractivity (Wildman–Crippen MR) is 111 cm³/mol. The number of halogens is 2. The number of benzene rings is 2. The fraction of sp³-hybridized carbons (Fsp3) is 0.0952. The highest BCUT2D eigenvalue weighted by Gasteiger charge is 2.13. The molecule has 148 valence electrons. The number of carbonyl (C=O) groups is 1. The van der Waals surface area contributed by atoms with Gasteiger partial charge in [0, 0.05) is 16.8 Å². The van der Waals surface area contributed by atoms with Gasteiger partial charge < -0.3 is 10.1 Å². The number of ether oxygens (including phenoxy) is 1. The van der Waals surface area contributed by atoms with Crippen LogP contribution in [-0.4, -0.2) is 24.0 Å². The lowest BCUT2D eigenvalue weighted by molar-refractivity contribution is 0.0976. The molecule has 0 bridgehead atoms. The molecule has 0 atom stereocenters. The number of carbonyl (C=O) groups excluding carboxylic acids is 1. The van der Waals surface area contributed by atoms with E-state index in [1.807, 2.05) is 12.1 Å². The Bertz CT molecular complexity index is 1030. The van der Waals surface area contributed by atoms with Crippen molar-refractivity contribution in [2.75, 3.05) is 12.4 Å². The Morgan fingerprint density at radius 2 is 2.03 bits per heavy atom. The number of nitrogens with zero attached hydrogens (tertiary/aromatic N) is 2. The molecular weight excluding hydrogens is 395 g/mol. The number of rotatable bonds is 5. The Morgan fingerprint density at radius 1 is 1.17 bits per heavy atom. The fourth-order valence-electron chi connectivity index (χ4n) is 2.48. The summed E-state index contributed by atoms with van der Waals surface area (Å²) in [4.78, 5) is 21.2. The molecule has 3 aromatic rings. The number of aliphatic imine (C=N–C) groups is 1. The number of anilines is 1. The van der Waals surface area contributed by atoms with Crippen molar-refractivity contribution in [3.8, 4) is 5.75 Å². The van der Waals surface area contributed by atoms with E-state index < -0.39 is 11.7 Å². The number of nitrogens with one attached hydrogen (secondary N) is 2. The maximum atomic E-state index is 13.5. The molecule has 1 heterocycles. The maximum absolute atomic E-state index is 13.5. The van der Waals surface area contributed by atoms with E-state index in [4.69, 9.17) is 16.3 Å². The van der Waals surface area contributed by atoms with Gasteiger partial charge in [-0.3, -0.25) is 15.1 Å². The molecule has 1 amide bonds. The van der Waals surface area contributed by atoms with Crippen molar-refractivity contribution < 1.29 is 13.9 Å².